The summed E-state index contributed by atoms with van der Waals surface area (Å²) in [5.74, 6) is 1.14. The van der Waals surface area contributed by atoms with Crippen molar-refractivity contribution in [2.24, 2.45) is 0 Å². The van der Waals surface area contributed by atoms with Crippen molar-refractivity contribution in [1.82, 2.24) is 0 Å². The lowest BCUT2D eigenvalue weighted by Crippen LogP contribution is -2.35. The lowest BCUT2D eigenvalue weighted by Gasteiger charge is -2.29. The Hall–Kier alpha value is -0.503. The van der Waals surface area contributed by atoms with Crippen molar-refractivity contribution in [2.45, 2.75) is 58.2 Å². The van der Waals surface area contributed by atoms with Crippen molar-refractivity contribution < 1.29 is 4.43 Å². The van der Waals surface area contributed by atoms with Crippen LogP contribution in [0.3, 0.4) is 0 Å². The standard InChI is InChI=1S/C13H24OSi/c1-4-15(5-2,6-3)14-13-11-9-7-8-10-12-13/h9,11-12H,4-8,10H2,1-3H3. The first-order chi connectivity index (χ1) is 7.26. The fraction of sp³-hybridized carbons (Fsp3) is 0.692. The van der Waals surface area contributed by atoms with Gasteiger partial charge in [0.2, 0.25) is 8.32 Å². The number of hydrogen-bond acceptors (Lipinski definition) is 1. The minimum atomic E-state index is -1.45. The zero-order valence-corrected chi connectivity index (χ0v) is 11.4. The largest absolute Gasteiger partial charge is 0.544 e. The highest BCUT2D eigenvalue weighted by Crippen LogP contribution is 2.26. The fourth-order valence-electron chi connectivity index (χ4n) is 2.04. The molecule has 0 aromatic heterocycles. The van der Waals surface area contributed by atoms with Gasteiger partial charge in [0.15, 0.2) is 0 Å². The Labute approximate surface area is 95.4 Å². The molecule has 0 saturated carbocycles. The molecule has 0 spiro atoms. The molecule has 0 aromatic rings. The highest BCUT2D eigenvalue weighted by molar-refractivity contribution is 6.73. The average molecular weight is 224 g/mol. The molecule has 2 heteroatoms. The molecule has 1 aliphatic carbocycles. The van der Waals surface area contributed by atoms with Crippen molar-refractivity contribution in [2.75, 3.05) is 0 Å². The Morgan fingerprint density at radius 1 is 1.13 bits per heavy atom. The molecule has 0 aromatic carbocycles. The van der Waals surface area contributed by atoms with Crippen molar-refractivity contribution in [3.8, 4) is 0 Å². The summed E-state index contributed by atoms with van der Waals surface area (Å²) in [5.41, 5.74) is 0. The molecular formula is C13H24OSi. The van der Waals surface area contributed by atoms with Gasteiger partial charge in [0.1, 0.15) is 0 Å². The van der Waals surface area contributed by atoms with E-state index in [9.17, 15) is 0 Å². The lowest BCUT2D eigenvalue weighted by molar-refractivity contribution is 0.420. The maximum Gasteiger partial charge on any atom is 0.250 e. The van der Waals surface area contributed by atoms with Crippen LogP contribution in [-0.2, 0) is 4.43 Å². The average Bonchev–Trinajstić information content (AvgIpc) is 2.54. The minimum absolute atomic E-state index is 1.14. The summed E-state index contributed by atoms with van der Waals surface area (Å²) >= 11 is 0. The highest BCUT2D eigenvalue weighted by atomic mass is 28.4. The summed E-state index contributed by atoms with van der Waals surface area (Å²) in [6.45, 7) is 6.83. The molecule has 0 aliphatic heterocycles. The summed E-state index contributed by atoms with van der Waals surface area (Å²) in [6.07, 6.45) is 10.3. The van der Waals surface area contributed by atoms with E-state index in [0.29, 0.717) is 0 Å². The third-order valence-corrected chi connectivity index (χ3v) is 8.00. The Morgan fingerprint density at radius 3 is 2.40 bits per heavy atom. The van der Waals surface area contributed by atoms with E-state index >= 15 is 0 Å². The molecule has 1 aliphatic rings. The number of allylic oxidation sites excluding steroid dienone is 3. The Balaban J connectivity index is 2.68. The van der Waals surface area contributed by atoms with E-state index in [0.717, 1.165) is 5.76 Å². The molecule has 1 rings (SSSR count). The molecule has 1 nitrogen and oxygen atoms in total. The Bertz CT molecular complexity index is 231. The third-order valence-electron chi connectivity index (χ3n) is 3.47. The second-order valence-corrected chi connectivity index (χ2v) is 8.98. The lowest BCUT2D eigenvalue weighted by atomic mass is 10.2. The fourth-order valence-corrected chi connectivity index (χ4v) is 4.62. The molecule has 0 heterocycles. The van der Waals surface area contributed by atoms with E-state index in [1.807, 2.05) is 0 Å². The van der Waals surface area contributed by atoms with Crippen LogP contribution in [0.1, 0.15) is 40.0 Å². The van der Waals surface area contributed by atoms with Gasteiger partial charge in [-0.1, -0.05) is 26.8 Å². The first-order valence-corrected chi connectivity index (χ1v) is 8.85. The molecule has 0 fully saturated rings. The van der Waals surface area contributed by atoms with Gasteiger partial charge in [0, 0.05) is 0 Å². The van der Waals surface area contributed by atoms with Crippen molar-refractivity contribution in [3.63, 3.8) is 0 Å². The van der Waals surface area contributed by atoms with Gasteiger partial charge >= 0.3 is 0 Å². The third kappa shape index (κ3) is 3.52. The van der Waals surface area contributed by atoms with Gasteiger partial charge in [-0.25, -0.2) is 0 Å². The highest BCUT2D eigenvalue weighted by Gasteiger charge is 2.30. The molecular weight excluding hydrogens is 200 g/mol. The van der Waals surface area contributed by atoms with Crippen LogP contribution in [0, 0.1) is 0 Å². The quantitative estimate of drug-likeness (QED) is 0.619. The van der Waals surface area contributed by atoms with Crippen LogP contribution in [0.4, 0.5) is 0 Å². The zero-order valence-electron chi connectivity index (χ0n) is 10.4. The summed E-state index contributed by atoms with van der Waals surface area (Å²) in [7, 11) is -1.45. The first-order valence-electron chi connectivity index (χ1n) is 6.32. The second-order valence-electron chi connectivity index (χ2n) is 4.29. The number of rotatable bonds is 5. The maximum atomic E-state index is 6.32. The summed E-state index contributed by atoms with van der Waals surface area (Å²) in [6, 6.07) is 3.68. The second kappa shape index (κ2) is 6.16. The van der Waals surface area contributed by atoms with Crippen molar-refractivity contribution >= 4 is 8.32 Å². The van der Waals surface area contributed by atoms with Gasteiger partial charge in [-0.3, -0.25) is 0 Å². The van der Waals surface area contributed by atoms with E-state index in [1.165, 1.54) is 37.4 Å². The molecule has 86 valence electrons. The minimum Gasteiger partial charge on any atom is -0.544 e. The van der Waals surface area contributed by atoms with Gasteiger partial charge in [0.05, 0.1) is 5.76 Å². The molecule has 0 amide bonds. The Kier molecular flexibility index (Phi) is 5.16. The number of hydrogen-bond donors (Lipinski definition) is 0. The monoisotopic (exact) mass is 224 g/mol. The van der Waals surface area contributed by atoms with Gasteiger partial charge in [-0.15, -0.1) is 0 Å². The van der Waals surface area contributed by atoms with Gasteiger partial charge in [-0.2, -0.15) is 0 Å². The molecule has 0 radical (unpaired) electrons. The van der Waals surface area contributed by atoms with E-state index in [-0.39, 0.29) is 0 Å². The topological polar surface area (TPSA) is 9.23 Å². The zero-order chi connectivity index (χ0) is 11.1. The molecule has 0 unspecified atom stereocenters. The van der Waals surface area contributed by atoms with Crippen LogP contribution in [-0.4, -0.2) is 8.32 Å². The SMILES string of the molecule is CC[Si](CC)(CC)OC1=CCCCC=C1. The normalized spacial score (nSPS) is 17.1. The van der Waals surface area contributed by atoms with E-state index in [1.54, 1.807) is 0 Å². The Morgan fingerprint density at radius 2 is 1.80 bits per heavy atom. The van der Waals surface area contributed by atoms with Crippen LogP contribution in [0.2, 0.25) is 18.1 Å². The van der Waals surface area contributed by atoms with Crippen LogP contribution in [0.25, 0.3) is 0 Å². The predicted molar refractivity (Wildman–Crippen MR) is 69.4 cm³/mol. The predicted octanol–water partition coefficient (Wildman–Crippen LogP) is 4.63. The van der Waals surface area contributed by atoms with E-state index in [4.69, 9.17) is 4.43 Å². The maximum absolute atomic E-state index is 6.32. The molecule has 0 saturated heterocycles. The van der Waals surface area contributed by atoms with Crippen LogP contribution < -0.4 is 0 Å². The van der Waals surface area contributed by atoms with Gasteiger partial charge < -0.3 is 4.43 Å². The van der Waals surface area contributed by atoms with E-state index < -0.39 is 8.32 Å². The van der Waals surface area contributed by atoms with Crippen LogP contribution >= 0.6 is 0 Å². The van der Waals surface area contributed by atoms with Crippen molar-refractivity contribution in [1.29, 1.82) is 0 Å². The first kappa shape index (κ1) is 12.6. The van der Waals surface area contributed by atoms with Gasteiger partial charge in [0.25, 0.3) is 0 Å². The molecule has 15 heavy (non-hydrogen) atoms. The summed E-state index contributed by atoms with van der Waals surface area (Å²) in [5, 5.41) is 0. The smallest absolute Gasteiger partial charge is 0.250 e. The van der Waals surface area contributed by atoms with E-state index in [2.05, 4.69) is 39.0 Å². The van der Waals surface area contributed by atoms with Gasteiger partial charge in [-0.05, 0) is 49.5 Å². The van der Waals surface area contributed by atoms with Crippen LogP contribution in [0.5, 0.6) is 0 Å². The molecule has 0 bridgehead atoms. The molecule has 0 atom stereocenters. The summed E-state index contributed by atoms with van der Waals surface area (Å²) in [4.78, 5) is 0. The summed E-state index contributed by atoms with van der Waals surface area (Å²) < 4.78 is 6.32. The van der Waals surface area contributed by atoms with Crippen molar-refractivity contribution in [3.05, 3.63) is 24.0 Å². The molecule has 0 N–H and O–H groups in total. The van der Waals surface area contributed by atoms with Crippen LogP contribution in [0.15, 0.2) is 24.0 Å².